The van der Waals surface area contributed by atoms with Crippen LogP contribution < -0.4 is 19.1 Å². The minimum absolute atomic E-state index is 0.0154. The van der Waals surface area contributed by atoms with Crippen LogP contribution in [0.3, 0.4) is 0 Å². The van der Waals surface area contributed by atoms with E-state index in [4.69, 9.17) is 9.47 Å². The third-order valence-electron chi connectivity index (χ3n) is 6.75. The first kappa shape index (κ1) is 31.5. The second-order valence-corrected chi connectivity index (χ2v) is 11.6. The predicted octanol–water partition coefficient (Wildman–Crippen LogP) is 4.46. The topological polar surface area (TPSA) is 105 Å². The number of carbonyl (C=O) groups is 2. The van der Waals surface area contributed by atoms with Crippen LogP contribution >= 0.6 is 0 Å². The zero-order valence-corrected chi connectivity index (χ0v) is 25.3. The van der Waals surface area contributed by atoms with Gasteiger partial charge in [-0.15, -0.1) is 0 Å². The van der Waals surface area contributed by atoms with Crippen LogP contribution in [0.1, 0.15) is 37.0 Å². The Morgan fingerprint density at radius 2 is 1.49 bits per heavy atom. The second kappa shape index (κ2) is 14.0. The molecule has 2 amide bonds. The standard InChI is InChI=1S/C31H39N3O6S/c1-7-27(31(36)32-8-2)33(20-24-13-9-22(3)10-14-24)30(35)21-34(28-19-25(39-5)15-18-29(28)40-6)41(37,38)26-16-11-23(4)12-17-26/h9-19,27H,7-8,20-21H2,1-6H3,(H,32,36)/t27-/m0/s1. The number of aryl methyl sites for hydroxylation is 2. The molecule has 3 aromatic carbocycles. The highest BCUT2D eigenvalue weighted by Crippen LogP contribution is 2.36. The summed E-state index contributed by atoms with van der Waals surface area (Å²) in [5, 5.41) is 2.81. The van der Waals surface area contributed by atoms with Crippen molar-refractivity contribution < 1.29 is 27.5 Å². The van der Waals surface area contributed by atoms with Gasteiger partial charge in [0.2, 0.25) is 11.8 Å². The van der Waals surface area contributed by atoms with E-state index in [1.807, 2.05) is 52.0 Å². The molecule has 0 aliphatic heterocycles. The quantitative estimate of drug-likeness (QED) is 0.320. The molecular weight excluding hydrogens is 542 g/mol. The maximum Gasteiger partial charge on any atom is 0.264 e. The van der Waals surface area contributed by atoms with Crippen LogP contribution in [0.4, 0.5) is 5.69 Å². The van der Waals surface area contributed by atoms with Crippen molar-refractivity contribution in [1.82, 2.24) is 10.2 Å². The first-order valence-electron chi connectivity index (χ1n) is 13.5. The number of rotatable bonds is 13. The van der Waals surface area contributed by atoms with E-state index in [0.29, 0.717) is 18.7 Å². The van der Waals surface area contributed by atoms with Crippen molar-refractivity contribution in [2.45, 2.75) is 51.6 Å². The zero-order valence-electron chi connectivity index (χ0n) is 24.5. The Morgan fingerprint density at radius 1 is 0.878 bits per heavy atom. The number of carbonyl (C=O) groups excluding carboxylic acids is 2. The van der Waals surface area contributed by atoms with Gasteiger partial charge in [0.05, 0.1) is 24.8 Å². The van der Waals surface area contributed by atoms with E-state index in [0.717, 1.165) is 21.0 Å². The lowest BCUT2D eigenvalue weighted by Crippen LogP contribution is -2.52. The minimum atomic E-state index is -4.25. The maximum atomic E-state index is 14.2. The maximum absolute atomic E-state index is 14.2. The van der Waals surface area contributed by atoms with Gasteiger partial charge in [-0.05, 0) is 57.0 Å². The largest absolute Gasteiger partial charge is 0.497 e. The van der Waals surface area contributed by atoms with Gasteiger partial charge in [0.15, 0.2) is 0 Å². The molecule has 0 fully saturated rings. The normalized spacial score (nSPS) is 11.9. The van der Waals surface area contributed by atoms with Crippen molar-refractivity contribution in [1.29, 1.82) is 0 Å². The summed E-state index contributed by atoms with van der Waals surface area (Å²) >= 11 is 0. The Hall–Kier alpha value is -4.05. The van der Waals surface area contributed by atoms with Crippen molar-refractivity contribution in [3.05, 3.63) is 83.4 Å². The van der Waals surface area contributed by atoms with Crippen LogP contribution in [-0.2, 0) is 26.2 Å². The summed E-state index contributed by atoms with van der Waals surface area (Å²) in [4.78, 5) is 28.7. The van der Waals surface area contributed by atoms with Crippen LogP contribution in [0.15, 0.2) is 71.6 Å². The van der Waals surface area contributed by atoms with Gasteiger partial charge in [-0.1, -0.05) is 54.4 Å². The number of hydrogen-bond acceptors (Lipinski definition) is 6. The van der Waals surface area contributed by atoms with Gasteiger partial charge in [0.25, 0.3) is 10.0 Å². The van der Waals surface area contributed by atoms with Gasteiger partial charge in [-0.2, -0.15) is 0 Å². The lowest BCUT2D eigenvalue weighted by molar-refractivity contribution is -0.140. The fourth-order valence-corrected chi connectivity index (χ4v) is 5.86. The number of amides is 2. The monoisotopic (exact) mass is 581 g/mol. The Kier molecular flexibility index (Phi) is 10.8. The Balaban J connectivity index is 2.14. The molecule has 3 rings (SSSR count). The summed E-state index contributed by atoms with van der Waals surface area (Å²) < 4.78 is 40.1. The van der Waals surface area contributed by atoms with Gasteiger partial charge in [-0.3, -0.25) is 13.9 Å². The van der Waals surface area contributed by atoms with E-state index in [1.165, 1.54) is 37.3 Å². The highest BCUT2D eigenvalue weighted by atomic mass is 32.2. The van der Waals surface area contributed by atoms with Crippen LogP contribution in [-0.4, -0.2) is 58.5 Å². The van der Waals surface area contributed by atoms with E-state index < -0.39 is 28.5 Å². The molecule has 41 heavy (non-hydrogen) atoms. The number of sulfonamides is 1. The first-order chi connectivity index (χ1) is 19.5. The summed E-state index contributed by atoms with van der Waals surface area (Å²) in [6.07, 6.45) is 0.344. The molecule has 1 N–H and O–H groups in total. The molecule has 0 saturated carbocycles. The molecule has 3 aromatic rings. The van der Waals surface area contributed by atoms with Gasteiger partial charge in [0.1, 0.15) is 24.1 Å². The summed E-state index contributed by atoms with van der Waals surface area (Å²) in [5.41, 5.74) is 2.91. The number of ether oxygens (including phenoxy) is 2. The smallest absolute Gasteiger partial charge is 0.264 e. The molecule has 0 aliphatic carbocycles. The molecule has 0 radical (unpaired) electrons. The van der Waals surface area contributed by atoms with Crippen molar-refractivity contribution in [3.63, 3.8) is 0 Å². The third-order valence-corrected chi connectivity index (χ3v) is 8.53. The van der Waals surface area contributed by atoms with Crippen molar-refractivity contribution in [3.8, 4) is 11.5 Å². The molecule has 0 saturated heterocycles. The van der Waals surface area contributed by atoms with Gasteiger partial charge in [-0.25, -0.2) is 8.42 Å². The molecule has 220 valence electrons. The molecule has 0 aliphatic rings. The van der Waals surface area contributed by atoms with E-state index >= 15 is 0 Å². The Morgan fingerprint density at radius 3 is 2.02 bits per heavy atom. The fraction of sp³-hybridized carbons (Fsp3) is 0.355. The van der Waals surface area contributed by atoms with Crippen molar-refractivity contribution >= 4 is 27.5 Å². The molecule has 0 heterocycles. The SMILES string of the molecule is CCNC(=O)[C@H](CC)N(Cc1ccc(C)cc1)C(=O)CN(c1cc(OC)ccc1OC)S(=O)(=O)c1ccc(C)cc1. The highest BCUT2D eigenvalue weighted by molar-refractivity contribution is 7.92. The van der Waals surface area contributed by atoms with Crippen molar-refractivity contribution in [2.24, 2.45) is 0 Å². The highest BCUT2D eigenvalue weighted by Gasteiger charge is 2.35. The Labute approximate surface area is 243 Å². The van der Waals surface area contributed by atoms with Gasteiger partial charge in [0, 0.05) is 19.2 Å². The summed E-state index contributed by atoms with van der Waals surface area (Å²) in [5.74, 6) is -0.204. The number of hydrogen-bond donors (Lipinski definition) is 1. The third kappa shape index (κ3) is 7.58. The number of nitrogens with one attached hydrogen (secondary N) is 1. The summed E-state index contributed by atoms with van der Waals surface area (Å²) in [6.45, 7) is 7.41. The number of likely N-dealkylation sites (N-methyl/N-ethyl adjacent to an activating group) is 1. The van der Waals surface area contributed by atoms with Crippen molar-refractivity contribution in [2.75, 3.05) is 31.6 Å². The summed E-state index contributed by atoms with van der Waals surface area (Å²) in [7, 11) is -1.35. The molecular formula is C31H39N3O6S. The molecule has 0 aromatic heterocycles. The van der Waals surface area contributed by atoms with Gasteiger partial charge >= 0.3 is 0 Å². The van der Waals surface area contributed by atoms with E-state index in [9.17, 15) is 18.0 Å². The first-order valence-corrected chi connectivity index (χ1v) is 14.9. The lowest BCUT2D eigenvalue weighted by atomic mass is 10.1. The van der Waals surface area contributed by atoms with Gasteiger partial charge < -0.3 is 19.7 Å². The molecule has 9 nitrogen and oxygen atoms in total. The van der Waals surface area contributed by atoms with Crippen LogP contribution in [0.2, 0.25) is 0 Å². The number of nitrogens with zero attached hydrogens (tertiary/aromatic N) is 2. The average molecular weight is 582 g/mol. The second-order valence-electron chi connectivity index (χ2n) is 9.69. The molecule has 0 unspecified atom stereocenters. The van der Waals surface area contributed by atoms with E-state index in [2.05, 4.69) is 5.32 Å². The molecule has 1 atom stereocenters. The average Bonchev–Trinajstić information content (AvgIpc) is 2.96. The zero-order chi connectivity index (χ0) is 30.2. The molecule has 0 bridgehead atoms. The Bertz CT molecular complexity index is 1440. The molecule has 10 heteroatoms. The minimum Gasteiger partial charge on any atom is -0.497 e. The fourth-order valence-electron chi connectivity index (χ4n) is 4.44. The van der Waals surface area contributed by atoms with E-state index in [1.54, 1.807) is 24.3 Å². The summed E-state index contributed by atoms with van der Waals surface area (Å²) in [6, 6.07) is 18.0. The van der Waals surface area contributed by atoms with Crippen LogP contribution in [0.5, 0.6) is 11.5 Å². The van der Waals surface area contributed by atoms with E-state index in [-0.39, 0.29) is 28.8 Å². The lowest BCUT2D eigenvalue weighted by Gasteiger charge is -2.33. The number of methoxy groups -OCH3 is 2. The predicted molar refractivity (Wildman–Crippen MR) is 160 cm³/mol. The number of benzene rings is 3. The number of anilines is 1. The van der Waals surface area contributed by atoms with Crippen LogP contribution in [0, 0.1) is 13.8 Å². The van der Waals surface area contributed by atoms with Crippen LogP contribution in [0.25, 0.3) is 0 Å². The molecule has 0 spiro atoms.